The second-order valence-corrected chi connectivity index (χ2v) is 8.33. The van der Waals surface area contributed by atoms with E-state index in [1.54, 1.807) is 17.8 Å². The third-order valence-electron chi connectivity index (χ3n) is 5.26. The number of nitrogens with zero attached hydrogens (tertiary/aromatic N) is 5. The van der Waals surface area contributed by atoms with Gasteiger partial charge in [-0.2, -0.15) is 11.8 Å². The molecule has 4 heterocycles. The van der Waals surface area contributed by atoms with E-state index < -0.39 is 5.56 Å². The van der Waals surface area contributed by atoms with Gasteiger partial charge in [-0.3, -0.25) is 18.6 Å². The molecule has 162 valence electrons. The van der Waals surface area contributed by atoms with Crippen LogP contribution >= 0.6 is 11.8 Å². The van der Waals surface area contributed by atoms with Crippen molar-refractivity contribution in [3.05, 3.63) is 71.2 Å². The first-order valence-corrected chi connectivity index (χ1v) is 11.5. The average molecular weight is 449 g/mol. The molecule has 4 aromatic heterocycles. The molecule has 5 aromatic rings. The molecular weight excluding hydrogens is 428 g/mol. The Labute approximate surface area is 186 Å². The first kappa shape index (κ1) is 20.3. The maximum absolute atomic E-state index is 12.9. The molecule has 1 amide bonds. The molecule has 1 atom stereocenters. The summed E-state index contributed by atoms with van der Waals surface area (Å²) in [6.45, 7) is -0.175. The van der Waals surface area contributed by atoms with Crippen molar-refractivity contribution in [2.24, 2.45) is 0 Å². The number of furan rings is 1. The van der Waals surface area contributed by atoms with Crippen LogP contribution in [0.4, 0.5) is 0 Å². The minimum Gasteiger partial charge on any atom is -0.448 e. The van der Waals surface area contributed by atoms with Crippen LogP contribution in [0.3, 0.4) is 0 Å². The van der Waals surface area contributed by atoms with Gasteiger partial charge in [-0.25, -0.2) is 4.98 Å². The fourth-order valence-corrected chi connectivity index (χ4v) is 4.19. The number of aromatic nitrogens is 5. The molecule has 0 bridgehead atoms. The molecule has 0 fully saturated rings. The van der Waals surface area contributed by atoms with Gasteiger partial charge in [-0.15, -0.1) is 10.2 Å². The summed E-state index contributed by atoms with van der Waals surface area (Å²) in [5, 5.41) is 12.2. The predicted octanol–water partition coefficient (Wildman–Crippen LogP) is 2.80. The third-order valence-corrected chi connectivity index (χ3v) is 5.91. The van der Waals surface area contributed by atoms with Crippen LogP contribution in [0.25, 0.3) is 27.7 Å². The Kier molecular flexibility index (Phi) is 5.36. The molecule has 0 aliphatic carbocycles. The fourth-order valence-electron chi connectivity index (χ4n) is 3.72. The number of nitrogens with one attached hydrogen (secondary N) is 1. The highest BCUT2D eigenvalue weighted by molar-refractivity contribution is 7.98. The number of benzene rings is 1. The zero-order chi connectivity index (χ0) is 22.1. The fraction of sp³-hybridized carbons (Fsp3) is 0.227. The summed E-state index contributed by atoms with van der Waals surface area (Å²) < 4.78 is 8.81. The van der Waals surface area contributed by atoms with Gasteiger partial charge < -0.3 is 9.73 Å². The number of hydrogen-bond donors (Lipinski definition) is 1. The molecule has 0 saturated heterocycles. The van der Waals surface area contributed by atoms with Crippen molar-refractivity contribution in [2.75, 3.05) is 12.0 Å². The van der Waals surface area contributed by atoms with Crippen molar-refractivity contribution < 1.29 is 9.21 Å². The second-order valence-electron chi connectivity index (χ2n) is 7.34. The van der Waals surface area contributed by atoms with E-state index in [-0.39, 0.29) is 24.1 Å². The van der Waals surface area contributed by atoms with Gasteiger partial charge in [0.2, 0.25) is 11.5 Å². The highest BCUT2D eigenvalue weighted by atomic mass is 32.2. The van der Waals surface area contributed by atoms with Gasteiger partial charge in [0.05, 0.1) is 12.4 Å². The van der Waals surface area contributed by atoms with Gasteiger partial charge in [-0.05, 0) is 42.7 Å². The third kappa shape index (κ3) is 3.62. The summed E-state index contributed by atoms with van der Waals surface area (Å²) in [4.78, 5) is 30.2. The summed E-state index contributed by atoms with van der Waals surface area (Å²) in [6.07, 6.45) is 5.94. The van der Waals surface area contributed by atoms with Crippen molar-refractivity contribution in [1.82, 2.24) is 29.5 Å². The van der Waals surface area contributed by atoms with Crippen LogP contribution < -0.4 is 10.9 Å². The van der Waals surface area contributed by atoms with Crippen molar-refractivity contribution in [1.29, 1.82) is 0 Å². The van der Waals surface area contributed by atoms with Gasteiger partial charge in [0, 0.05) is 11.6 Å². The van der Waals surface area contributed by atoms with Crippen LogP contribution in [0, 0.1) is 0 Å². The molecular formula is C22H20N6O3S. The van der Waals surface area contributed by atoms with Crippen LogP contribution in [-0.4, -0.2) is 42.1 Å². The van der Waals surface area contributed by atoms with E-state index in [1.165, 1.54) is 10.9 Å². The number of hydrogen-bond acceptors (Lipinski definition) is 7. The number of para-hydroxylation sites is 1. The van der Waals surface area contributed by atoms with E-state index in [4.69, 9.17) is 4.42 Å². The summed E-state index contributed by atoms with van der Waals surface area (Å²) >= 11 is 1.68. The number of carbonyl (C=O) groups is 1. The first-order chi connectivity index (χ1) is 15.7. The molecule has 1 aromatic carbocycles. The lowest BCUT2D eigenvalue weighted by Crippen LogP contribution is -2.35. The quantitative estimate of drug-likeness (QED) is 0.408. The Bertz CT molecular complexity index is 1490. The van der Waals surface area contributed by atoms with E-state index in [0.29, 0.717) is 29.0 Å². The van der Waals surface area contributed by atoms with Crippen molar-refractivity contribution in [3.63, 3.8) is 0 Å². The Morgan fingerprint density at radius 1 is 1.19 bits per heavy atom. The summed E-state index contributed by atoms with van der Waals surface area (Å²) in [5.74, 6) is 1.17. The molecule has 0 spiro atoms. The lowest BCUT2D eigenvalue weighted by Gasteiger charge is -2.17. The van der Waals surface area contributed by atoms with Gasteiger partial charge in [0.25, 0.3) is 5.56 Å². The van der Waals surface area contributed by atoms with Crippen LogP contribution in [0.5, 0.6) is 0 Å². The molecule has 5 rings (SSSR count). The number of carbonyl (C=O) groups excluding carboxylic acids is 1. The summed E-state index contributed by atoms with van der Waals surface area (Å²) in [5.41, 5.74) is 1.54. The normalized spacial score (nSPS) is 12.5. The summed E-state index contributed by atoms with van der Waals surface area (Å²) in [6, 6.07) is 12.6. The number of rotatable bonds is 7. The Hall–Kier alpha value is -3.66. The van der Waals surface area contributed by atoms with Crippen LogP contribution in [0.2, 0.25) is 0 Å². The molecule has 32 heavy (non-hydrogen) atoms. The topological polar surface area (TPSA) is 107 Å². The van der Waals surface area contributed by atoms with Crippen molar-refractivity contribution in [2.45, 2.75) is 19.0 Å². The van der Waals surface area contributed by atoms with E-state index in [1.807, 2.05) is 53.3 Å². The number of amides is 1. The first-order valence-electron chi connectivity index (χ1n) is 10.1. The maximum atomic E-state index is 12.9. The minimum atomic E-state index is -0.394. The van der Waals surface area contributed by atoms with Gasteiger partial charge in [-0.1, -0.05) is 18.2 Å². The largest absolute Gasteiger partial charge is 0.448 e. The average Bonchev–Trinajstić information content (AvgIpc) is 3.41. The van der Waals surface area contributed by atoms with E-state index >= 15 is 0 Å². The zero-order valence-corrected chi connectivity index (χ0v) is 18.1. The highest BCUT2D eigenvalue weighted by Crippen LogP contribution is 2.24. The Morgan fingerprint density at radius 3 is 2.91 bits per heavy atom. The second kappa shape index (κ2) is 8.46. The maximum Gasteiger partial charge on any atom is 0.297 e. The molecule has 0 aliphatic rings. The van der Waals surface area contributed by atoms with Gasteiger partial charge in [0.15, 0.2) is 11.5 Å². The highest BCUT2D eigenvalue weighted by Gasteiger charge is 2.21. The van der Waals surface area contributed by atoms with Crippen LogP contribution in [0.15, 0.2) is 64.2 Å². The monoisotopic (exact) mass is 448 g/mol. The Balaban J connectivity index is 1.42. The molecule has 1 N–H and O–H groups in total. The number of thioether (sulfide) groups is 1. The van der Waals surface area contributed by atoms with E-state index in [2.05, 4.69) is 20.5 Å². The molecule has 0 radical (unpaired) electrons. The standard InChI is InChI=1S/C22H20N6O3S/c1-32-11-9-15(21-26-25-17-8-4-5-10-28(17)21)24-18(29)12-27-13-23-19-14-6-2-3-7-16(14)31-20(19)22(27)30/h2-8,10,13,15H,9,11-12H2,1H3,(H,24,29). The predicted molar refractivity (Wildman–Crippen MR) is 123 cm³/mol. The summed E-state index contributed by atoms with van der Waals surface area (Å²) in [7, 11) is 0. The lowest BCUT2D eigenvalue weighted by atomic mass is 10.2. The van der Waals surface area contributed by atoms with Gasteiger partial charge in [0.1, 0.15) is 17.6 Å². The molecule has 9 nitrogen and oxygen atoms in total. The minimum absolute atomic E-state index is 0.142. The molecule has 1 unspecified atom stereocenters. The SMILES string of the molecule is CSCCC(NC(=O)Cn1cnc2c(oc3ccccc32)c1=O)c1nnc2ccccn12. The lowest BCUT2D eigenvalue weighted by molar-refractivity contribution is -0.122. The van der Waals surface area contributed by atoms with E-state index in [0.717, 1.165) is 11.1 Å². The van der Waals surface area contributed by atoms with Crippen LogP contribution in [-0.2, 0) is 11.3 Å². The smallest absolute Gasteiger partial charge is 0.297 e. The zero-order valence-electron chi connectivity index (χ0n) is 17.3. The van der Waals surface area contributed by atoms with E-state index in [9.17, 15) is 9.59 Å². The number of pyridine rings is 1. The Morgan fingerprint density at radius 2 is 2.03 bits per heavy atom. The molecule has 10 heteroatoms. The van der Waals surface area contributed by atoms with Crippen molar-refractivity contribution in [3.8, 4) is 0 Å². The number of fused-ring (bicyclic) bond motifs is 4. The molecule has 0 aliphatic heterocycles. The van der Waals surface area contributed by atoms with Gasteiger partial charge >= 0.3 is 0 Å². The molecule has 0 saturated carbocycles. The van der Waals surface area contributed by atoms with Crippen molar-refractivity contribution >= 4 is 45.4 Å². The van der Waals surface area contributed by atoms with Crippen LogP contribution in [0.1, 0.15) is 18.3 Å².